The molecule has 2 fully saturated rings. The van der Waals surface area contributed by atoms with Crippen LogP contribution in [0.15, 0.2) is 0 Å². The number of likely N-dealkylation sites (tertiary alicyclic amines) is 2. The number of β-amino-alcohol motifs (C(OH)–C–C–N with tert-alkyl or cyclic N) is 1. The summed E-state index contributed by atoms with van der Waals surface area (Å²) < 4.78 is 0. The van der Waals surface area contributed by atoms with E-state index >= 15 is 0 Å². The summed E-state index contributed by atoms with van der Waals surface area (Å²) in [6, 6.07) is 0.410. The van der Waals surface area contributed by atoms with Crippen LogP contribution in [0.4, 0.5) is 0 Å². The second-order valence-electron chi connectivity index (χ2n) is 8.36. The first-order valence-corrected chi connectivity index (χ1v) is 9.17. The molecule has 2 heterocycles. The Kier molecular flexibility index (Phi) is 6.09. The lowest BCUT2D eigenvalue weighted by Gasteiger charge is -2.43. The number of carbonyl (C=O) groups is 1. The van der Waals surface area contributed by atoms with Crippen molar-refractivity contribution in [3.05, 3.63) is 0 Å². The molecule has 0 aliphatic carbocycles. The van der Waals surface area contributed by atoms with Crippen LogP contribution in [-0.4, -0.2) is 70.7 Å². The number of rotatable bonds is 6. The average Bonchev–Trinajstić information content (AvgIpc) is 2.89. The van der Waals surface area contributed by atoms with Crippen LogP contribution in [0.3, 0.4) is 0 Å². The number of nitrogens with one attached hydrogen (secondary N) is 1. The van der Waals surface area contributed by atoms with E-state index in [0.29, 0.717) is 6.04 Å². The Hall–Kier alpha value is -0.650. The second-order valence-corrected chi connectivity index (χ2v) is 8.36. The summed E-state index contributed by atoms with van der Waals surface area (Å²) in [6.45, 7) is 13.0. The van der Waals surface area contributed by atoms with Crippen LogP contribution >= 0.6 is 0 Å². The molecule has 2 aliphatic heterocycles. The Morgan fingerprint density at radius 3 is 2.30 bits per heavy atom. The first-order chi connectivity index (χ1) is 10.7. The van der Waals surface area contributed by atoms with E-state index in [4.69, 9.17) is 0 Å². The number of carbonyl (C=O) groups excluding carboxylic acids is 1. The van der Waals surface area contributed by atoms with Crippen molar-refractivity contribution in [2.45, 2.75) is 77.0 Å². The van der Waals surface area contributed by atoms with E-state index in [0.717, 1.165) is 52.0 Å². The zero-order valence-electron chi connectivity index (χ0n) is 15.4. The van der Waals surface area contributed by atoms with E-state index in [1.165, 1.54) is 12.8 Å². The van der Waals surface area contributed by atoms with Crippen LogP contribution in [-0.2, 0) is 4.79 Å². The summed E-state index contributed by atoms with van der Waals surface area (Å²) in [4.78, 5) is 16.2. The zero-order chi connectivity index (χ0) is 17.1. The van der Waals surface area contributed by atoms with Gasteiger partial charge in [-0.3, -0.25) is 4.79 Å². The highest BCUT2D eigenvalue weighted by Gasteiger charge is 2.36. The van der Waals surface area contributed by atoms with Gasteiger partial charge in [-0.25, -0.2) is 0 Å². The van der Waals surface area contributed by atoms with E-state index in [1.54, 1.807) is 6.92 Å². The lowest BCUT2D eigenvalue weighted by molar-refractivity contribution is -0.120. The second kappa shape index (κ2) is 7.49. The van der Waals surface area contributed by atoms with Gasteiger partial charge in [-0.2, -0.15) is 0 Å². The summed E-state index contributed by atoms with van der Waals surface area (Å²) in [6.07, 6.45) is 5.19. The molecule has 134 valence electrons. The molecule has 0 bridgehead atoms. The maximum absolute atomic E-state index is 11.3. The summed E-state index contributed by atoms with van der Waals surface area (Å²) in [5.41, 5.74) is -0.692. The number of piperidine rings is 1. The van der Waals surface area contributed by atoms with E-state index in [-0.39, 0.29) is 11.4 Å². The monoisotopic (exact) mass is 325 g/mol. The van der Waals surface area contributed by atoms with Gasteiger partial charge in [0.1, 0.15) is 0 Å². The molecule has 1 amide bonds. The molecule has 2 aliphatic rings. The van der Waals surface area contributed by atoms with Gasteiger partial charge in [0.2, 0.25) is 5.91 Å². The van der Waals surface area contributed by atoms with Crippen molar-refractivity contribution in [1.29, 1.82) is 0 Å². The highest BCUT2D eigenvalue weighted by Crippen LogP contribution is 2.27. The maximum atomic E-state index is 11.3. The van der Waals surface area contributed by atoms with Gasteiger partial charge in [0.25, 0.3) is 0 Å². The van der Waals surface area contributed by atoms with Gasteiger partial charge >= 0.3 is 0 Å². The molecule has 0 aromatic carbocycles. The largest absolute Gasteiger partial charge is 0.388 e. The van der Waals surface area contributed by atoms with Gasteiger partial charge in [-0.1, -0.05) is 0 Å². The van der Waals surface area contributed by atoms with Crippen LogP contribution in [0.2, 0.25) is 0 Å². The van der Waals surface area contributed by atoms with Crippen molar-refractivity contribution in [3.8, 4) is 0 Å². The number of hydrogen-bond acceptors (Lipinski definition) is 4. The summed E-state index contributed by atoms with van der Waals surface area (Å²) in [5.74, 6) is 0.0285. The molecule has 0 saturated carbocycles. The molecule has 1 unspecified atom stereocenters. The van der Waals surface area contributed by atoms with Crippen LogP contribution in [0.25, 0.3) is 0 Å². The fourth-order valence-electron chi connectivity index (χ4n) is 4.29. The minimum Gasteiger partial charge on any atom is -0.388 e. The zero-order valence-corrected chi connectivity index (χ0v) is 15.4. The predicted octanol–water partition coefficient (Wildman–Crippen LogP) is 1.60. The van der Waals surface area contributed by atoms with Gasteiger partial charge in [0.05, 0.1) is 5.60 Å². The fourth-order valence-corrected chi connectivity index (χ4v) is 4.29. The molecule has 5 heteroatoms. The molecule has 2 N–H and O–H groups in total. The Morgan fingerprint density at radius 1 is 1.22 bits per heavy atom. The predicted molar refractivity (Wildman–Crippen MR) is 93.4 cm³/mol. The van der Waals surface area contributed by atoms with Gasteiger partial charge in [0.15, 0.2) is 0 Å². The Balaban J connectivity index is 1.79. The smallest absolute Gasteiger partial charge is 0.217 e. The lowest BCUT2D eigenvalue weighted by Crippen LogP contribution is -2.54. The van der Waals surface area contributed by atoms with Crippen LogP contribution in [0.1, 0.15) is 59.8 Å². The summed E-state index contributed by atoms with van der Waals surface area (Å²) in [5, 5.41) is 13.9. The van der Waals surface area contributed by atoms with Crippen LogP contribution < -0.4 is 5.32 Å². The van der Waals surface area contributed by atoms with E-state index in [9.17, 15) is 9.90 Å². The molecule has 2 saturated heterocycles. The van der Waals surface area contributed by atoms with Crippen molar-refractivity contribution < 1.29 is 9.90 Å². The van der Waals surface area contributed by atoms with Crippen molar-refractivity contribution in [1.82, 2.24) is 15.1 Å². The van der Waals surface area contributed by atoms with Crippen LogP contribution in [0, 0.1) is 0 Å². The van der Waals surface area contributed by atoms with Crippen molar-refractivity contribution >= 4 is 5.91 Å². The third-order valence-corrected chi connectivity index (χ3v) is 5.39. The van der Waals surface area contributed by atoms with E-state index in [1.807, 2.05) is 0 Å². The normalized spacial score (nSPS) is 24.6. The summed E-state index contributed by atoms with van der Waals surface area (Å²) >= 11 is 0. The Labute approximate surface area is 141 Å². The third-order valence-electron chi connectivity index (χ3n) is 5.39. The fraction of sp³-hybridized carbons (Fsp3) is 0.944. The van der Waals surface area contributed by atoms with Crippen molar-refractivity contribution in [2.75, 3.05) is 32.7 Å². The SMILES string of the molecule is CC(=O)NC(C)(C)CC(C)N1CCC(O)(CN2CCCC2)CC1. The molecule has 0 aromatic rings. The molecule has 1 atom stereocenters. The van der Waals surface area contributed by atoms with Gasteiger partial charge in [-0.15, -0.1) is 0 Å². The molecule has 0 aromatic heterocycles. The summed E-state index contributed by atoms with van der Waals surface area (Å²) in [7, 11) is 0. The van der Waals surface area contributed by atoms with Gasteiger partial charge in [0, 0.05) is 38.1 Å². The molecule has 5 nitrogen and oxygen atoms in total. The first kappa shape index (κ1) is 18.7. The maximum Gasteiger partial charge on any atom is 0.217 e. The van der Waals surface area contributed by atoms with Crippen LogP contribution in [0.5, 0.6) is 0 Å². The number of nitrogens with zero attached hydrogens (tertiary/aromatic N) is 2. The molecular weight excluding hydrogens is 290 g/mol. The van der Waals surface area contributed by atoms with Crippen molar-refractivity contribution in [3.63, 3.8) is 0 Å². The van der Waals surface area contributed by atoms with Gasteiger partial charge < -0.3 is 20.2 Å². The Morgan fingerprint density at radius 2 is 1.78 bits per heavy atom. The van der Waals surface area contributed by atoms with E-state index in [2.05, 4.69) is 35.9 Å². The number of amides is 1. The quantitative estimate of drug-likeness (QED) is 0.779. The highest BCUT2D eigenvalue weighted by molar-refractivity contribution is 5.73. The molecule has 2 rings (SSSR count). The Bertz CT molecular complexity index is 397. The highest BCUT2D eigenvalue weighted by atomic mass is 16.3. The average molecular weight is 325 g/mol. The minimum atomic E-state index is -0.506. The lowest BCUT2D eigenvalue weighted by atomic mass is 9.88. The minimum absolute atomic E-state index is 0.0285. The van der Waals surface area contributed by atoms with E-state index < -0.39 is 5.60 Å². The topological polar surface area (TPSA) is 55.8 Å². The molecular formula is C18H35N3O2. The molecule has 0 spiro atoms. The molecule has 0 radical (unpaired) electrons. The third kappa shape index (κ3) is 5.73. The van der Waals surface area contributed by atoms with Crippen molar-refractivity contribution in [2.24, 2.45) is 0 Å². The standard InChI is InChI=1S/C18H35N3O2/c1-15(13-17(3,4)19-16(2)22)21-11-7-18(23,8-12-21)14-20-9-5-6-10-20/h15,23H,5-14H2,1-4H3,(H,19,22). The number of aliphatic hydroxyl groups is 1. The van der Waals surface area contributed by atoms with Gasteiger partial charge in [-0.05, 0) is 66.0 Å². The molecule has 23 heavy (non-hydrogen) atoms. The first-order valence-electron chi connectivity index (χ1n) is 9.17. The number of hydrogen-bond donors (Lipinski definition) is 2.